The maximum atomic E-state index is 5.96. The second kappa shape index (κ2) is 4.69. The number of aryl methyl sites for hydroxylation is 1. The second-order valence-electron chi connectivity index (χ2n) is 3.88. The molecule has 0 amide bonds. The Morgan fingerprint density at radius 2 is 1.94 bits per heavy atom. The zero-order valence-corrected chi connectivity index (χ0v) is 9.96. The first-order valence-electron chi connectivity index (χ1n) is 5.26. The fourth-order valence-corrected chi connectivity index (χ4v) is 2.02. The van der Waals surface area contributed by atoms with E-state index in [1.54, 1.807) is 0 Å². The Kier molecular flexibility index (Phi) is 3.28. The Hall–Kier alpha value is -1.31. The first-order valence-corrected chi connectivity index (χ1v) is 5.64. The molecule has 0 heterocycles. The van der Waals surface area contributed by atoms with Crippen LogP contribution in [0.25, 0.3) is 11.1 Å². The number of benzene rings is 2. The van der Waals surface area contributed by atoms with Crippen LogP contribution in [0.15, 0.2) is 42.5 Å². The monoisotopic (exact) mass is 231 g/mol. The predicted octanol–water partition coefficient (Wildman–Crippen LogP) is 3.77. The molecule has 2 heteroatoms. The second-order valence-corrected chi connectivity index (χ2v) is 4.31. The Labute approximate surface area is 101 Å². The normalized spacial score (nSPS) is 10.4. The summed E-state index contributed by atoms with van der Waals surface area (Å²) in [6.07, 6.45) is 0. The van der Waals surface area contributed by atoms with Crippen molar-refractivity contribution in [1.29, 1.82) is 0 Å². The lowest BCUT2D eigenvalue weighted by molar-refractivity contribution is 1.07. The maximum Gasteiger partial charge on any atom is 0.0409 e. The van der Waals surface area contributed by atoms with E-state index in [0.29, 0.717) is 6.54 Å². The molecule has 2 aromatic rings. The Morgan fingerprint density at radius 3 is 2.62 bits per heavy atom. The molecule has 0 fully saturated rings. The van der Waals surface area contributed by atoms with Gasteiger partial charge in [0, 0.05) is 11.6 Å². The predicted molar refractivity (Wildman–Crippen MR) is 69.5 cm³/mol. The smallest absolute Gasteiger partial charge is 0.0409 e. The van der Waals surface area contributed by atoms with Crippen molar-refractivity contribution in [2.24, 2.45) is 5.73 Å². The molecule has 2 rings (SSSR count). The van der Waals surface area contributed by atoms with Gasteiger partial charge in [0.25, 0.3) is 0 Å². The highest BCUT2D eigenvalue weighted by Crippen LogP contribution is 2.26. The minimum absolute atomic E-state index is 0.504. The molecule has 0 bridgehead atoms. The average molecular weight is 232 g/mol. The molecule has 0 atom stereocenters. The van der Waals surface area contributed by atoms with Crippen molar-refractivity contribution >= 4 is 11.6 Å². The number of hydrogen-bond donors (Lipinski definition) is 1. The highest BCUT2D eigenvalue weighted by Gasteiger charge is 2.04. The molecule has 82 valence electrons. The van der Waals surface area contributed by atoms with Crippen molar-refractivity contribution < 1.29 is 0 Å². The number of rotatable bonds is 2. The molecule has 0 aromatic heterocycles. The van der Waals surface area contributed by atoms with Crippen LogP contribution < -0.4 is 5.73 Å². The third-order valence-corrected chi connectivity index (χ3v) is 2.85. The van der Waals surface area contributed by atoms with E-state index in [9.17, 15) is 0 Å². The van der Waals surface area contributed by atoms with Crippen LogP contribution in [-0.4, -0.2) is 0 Å². The van der Waals surface area contributed by atoms with Gasteiger partial charge in [-0.05, 0) is 35.7 Å². The first-order chi connectivity index (χ1) is 7.70. The van der Waals surface area contributed by atoms with Crippen LogP contribution in [0.5, 0.6) is 0 Å². The summed E-state index contributed by atoms with van der Waals surface area (Å²) < 4.78 is 0. The summed E-state index contributed by atoms with van der Waals surface area (Å²) in [4.78, 5) is 0. The molecular weight excluding hydrogens is 218 g/mol. The average Bonchev–Trinajstić information content (AvgIpc) is 2.28. The lowest BCUT2D eigenvalue weighted by Gasteiger charge is -2.09. The van der Waals surface area contributed by atoms with Gasteiger partial charge in [-0.25, -0.2) is 0 Å². The lowest BCUT2D eigenvalue weighted by atomic mass is 9.98. The molecule has 2 aromatic carbocycles. The van der Waals surface area contributed by atoms with Gasteiger partial charge in [0.05, 0.1) is 0 Å². The summed E-state index contributed by atoms with van der Waals surface area (Å²) in [5.41, 5.74) is 10.4. The SMILES string of the molecule is Cc1cccc(-c2ccc(Cl)cc2CN)c1. The van der Waals surface area contributed by atoms with Gasteiger partial charge >= 0.3 is 0 Å². The van der Waals surface area contributed by atoms with E-state index in [4.69, 9.17) is 17.3 Å². The molecule has 0 aliphatic carbocycles. The minimum Gasteiger partial charge on any atom is -0.326 e. The van der Waals surface area contributed by atoms with Gasteiger partial charge < -0.3 is 5.73 Å². The van der Waals surface area contributed by atoms with E-state index >= 15 is 0 Å². The lowest BCUT2D eigenvalue weighted by Crippen LogP contribution is -1.99. The summed E-state index contributed by atoms with van der Waals surface area (Å²) in [6, 6.07) is 14.2. The van der Waals surface area contributed by atoms with Crippen molar-refractivity contribution in [3.05, 3.63) is 58.6 Å². The van der Waals surface area contributed by atoms with Crippen molar-refractivity contribution in [3.8, 4) is 11.1 Å². The highest BCUT2D eigenvalue weighted by molar-refractivity contribution is 6.30. The highest BCUT2D eigenvalue weighted by atomic mass is 35.5. The summed E-state index contributed by atoms with van der Waals surface area (Å²) in [5, 5.41) is 0.733. The van der Waals surface area contributed by atoms with Gasteiger partial charge in [-0.15, -0.1) is 0 Å². The molecular formula is C14H14ClN. The first kappa shape index (κ1) is 11.2. The molecule has 0 radical (unpaired) electrons. The van der Waals surface area contributed by atoms with Crippen LogP contribution in [-0.2, 0) is 6.54 Å². The van der Waals surface area contributed by atoms with E-state index in [1.165, 1.54) is 11.1 Å². The molecule has 0 spiro atoms. The third-order valence-electron chi connectivity index (χ3n) is 2.62. The molecule has 2 N–H and O–H groups in total. The minimum atomic E-state index is 0.504. The van der Waals surface area contributed by atoms with Crippen LogP contribution >= 0.6 is 11.6 Å². The Bertz CT molecular complexity index is 506. The van der Waals surface area contributed by atoms with Gasteiger partial charge in [-0.1, -0.05) is 47.5 Å². The fourth-order valence-electron chi connectivity index (χ4n) is 1.83. The maximum absolute atomic E-state index is 5.96. The molecule has 0 aliphatic rings. The number of nitrogens with two attached hydrogens (primary N) is 1. The quantitative estimate of drug-likeness (QED) is 0.837. The van der Waals surface area contributed by atoms with Crippen LogP contribution in [0.3, 0.4) is 0 Å². The van der Waals surface area contributed by atoms with Crippen LogP contribution in [0, 0.1) is 6.92 Å². The van der Waals surface area contributed by atoms with Gasteiger partial charge in [0.2, 0.25) is 0 Å². The van der Waals surface area contributed by atoms with Crippen molar-refractivity contribution in [3.63, 3.8) is 0 Å². The van der Waals surface area contributed by atoms with E-state index in [1.807, 2.05) is 18.2 Å². The van der Waals surface area contributed by atoms with E-state index < -0.39 is 0 Å². The van der Waals surface area contributed by atoms with Gasteiger partial charge in [-0.2, -0.15) is 0 Å². The molecule has 0 aliphatic heterocycles. The summed E-state index contributed by atoms with van der Waals surface area (Å²) in [7, 11) is 0. The van der Waals surface area contributed by atoms with E-state index in [2.05, 4.69) is 31.2 Å². The van der Waals surface area contributed by atoms with Crippen molar-refractivity contribution in [2.75, 3.05) is 0 Å². The summed E-state index contributed by atoms with van der Waals surface area (Å²) >= 11 is 5.96. The van der Waals surface area contributed by atoms with Gasteiger partial charge in [0.15, 0.2) is 0 Å². The van der Waals surface area contributed by atoms with Crippen LogP contribution in [0.4, 0.5) is 0 Å². The zero-order valence-electron chi connectivity index (χ0n) is 9.20. The topological polar surface area (TPSA) is 26.0 Å². The molecule has 0 saturated heterocycles. The largest absolute Gasteiger partial charge is 0.326 e. The van der Waals surface area contributed by atoms with E-state index in [0.717, 1.165) is 16.1 Å². The van der Waals surface area contributed by atoms with Crippen molar-refractivity contribution in [2.45, 2.75) is 13.5 Å². The molecule has 16 heavy (non-hydrogen) atoms. The van der Waals surface area contributed by atoms with E-state index in [-0.39, 0.29) is 0 Å². The summed E-state index contributed by atoms with van der Waals surface area (Å²) in [6.45, 7) is 2.59. The third kappa shape index (κ3) is 2.26. The molecule has 1 nitrogen and oxygen atoms in total. The standard InChI is InChI=1S/C14H14ClN/c1-10-3-2-4-11(7-10)14-6-5-13(15)8-12(14)9-16/h2-8H,9,16H2,1H3. The number of hydrogen-bond acceptors (Lipinski definition) is 1. The molecule has 0 saturated carbocycles. The Morgan fingerprint density at radius 1 is 1.12 bits per heavy atom. The van der Waals surface area contributed by atoms with Gasteiger partial charge in [-0.3, -0.25) is 0 Å². The fraction of sp³-hybridized carbons (Fsp3) is 0.143. The molecule has 0 unspecified atom stereocenters. The number of halogens is 1. The Balaban J connectivity index is 2.55. The van der Waals surface area contributed by atoms with Crippen LogP contribution in [0.1, 0.15) is 11.1 Å². The summed E-state index contributed by atoms with van der Waals surface area (Å²) in [5.74, 6) is 0. The van der Waals surface area contributed by atoms with Crippen LogP contribution in [0.2, 0.25) is 5.02 Å². The zero-order chi connectivity index (χ0) is 11.5. The van der Waals surface area contributed by atoms with Crippen molar-refractivity contribution in [1.82, 2.24) is 0 Å². The van der Waals surface area contributed by atoms with Gasteiger partial charge in [0.1, 0.15) is 0 Å².